The van der Waals surface area contributed by atoms with E-state index in [2.05, 4.69) is 67.6 Å². The van der Waals surface area contributed by atoms with Gasteiger partial charge >= 0.3 is 258 Å². The van der Waals surface area contributed by atoms with Crippen LogP contribution in [-0.4, -0.2) is 27.3 Å². The van der Waals surface area contributed by atoms with Gasteiger partial charge in [0.15, 0.2) is 0 Å². The van der Waals surface area contributed by atoms with Crippen molar-refractivity contribution >= 4 is 49.9 Å². The van der Waals surface area contributed by atoms with Crippen LogP contribution in [0.2, 0.25) is 0 Å². The fourth-order valence-corrected chi connectivity index (χ4v) is 8.53. The maximum atomic E-state index is 6.90. The van der Waals surface area contributed by atoms with Crippen LogP contribution < -0.4 is 10.6 Å². The standard InChI is InChI=1S/C17H14O.2C10H9NO.Ga/c1-12-11-16(13-7-3-2-4-8-13)14-9-5-6-10-15(14)17(12)18;2*1-7-5-6-8-3-2-4-9(12)10(8)11-7;/h2-11,18H,1H3;2*2-6,12H,1H3;/q;;;+3/p-3. The third kappa shape index (κ3) is 5.43. The molecule has 0 aliphatic rings. The second-order valence-electron chi connectivity index (χ2n) is 10.7. The van der Waals surface area contributed by atoms with Crippen LogP contribution in [-0.2, 0) is 0 Å². The summed E-state index contributed by atoms with van der Waals surface area (Å²) in [6.45, 7) is 6.05. The van der Waals surface area contributed by atoms with Gasteiger partial charge in [0.1, 0.15) is 0 Å². The summed E-state index contributed by atoms with van der Waals surface area (Å²) in [5, 5.41) is 4.13. The summed E-state index contributed by atoms with van der Waals surface area (Å²) in [6, 6.07) is 41.0. The van der Waals surface area contributed by atoms with Crippen molar-refractivity contribution in [3.63, 3.8) is 0 Å². The van der Waals surface area contributed by atoms with Gasteiger partial charge in [-0.2, -0.15) is 0 Å². The Morgan fingerprint density at radius 3 is 1.67 bits per heavy atom. The molecule has 0 aliphatic carbocycles. The Hall–Kier alpha value is -4.78. The Labute approximate surface area is 257 Å². The van der Waals surface area contributed by atoms with Gasteiger partial charge in [-0.15, -0.1) is 0 Å². The van der Waals surface area contributed by atoms with Gasteiger partial charge in [-0.05, 0) is 0 Å². The van der Waals surface area contributed by atoms with Crippen molar-refractivity contribution < 1.29 is 10.6 Å². The number of rotatable bonds is 7. The Kier molecular flexibility index (Phi) is 7.23. The van der Waals surface area contributed by atoms with E-state index < -0.39 is 17.3 Å². The molecule has 0 unspecified atom stereocenters. The SMILES string of the molecule is Cc1ccc2cccc([O][Ga]([O]c3c(C)cc(-c4ccccc4)c4ccccc34)[O]c3cccc4ccc(C)nc34)c2n1. The molecule has 2 aromatic heterocycles. The minimum absolute atomic E-state index is 0.651. The molecule has 0 atom stereocenters. The van der Waals surface area contributed by atoms with Crippen LogP contribution >= 0.6 is 0 Å². The Bertz CT molecular complexity index is 2030. The first-order valence-corrected chi connectivity index (χ1v) is 17.3. The molecule has 0 aliphatic heterocycles. The quantitative estimate of drug-likeness (QED) is 0.167. The predicted molar refractivity (Wildman–Crippen MR) is 175 cm³/mol. The average molecular weight is 619 g/mol. The van der Waals surface area contributed by atoms with Gasteiger partial charge in [-0.1, -0.05) is 0 Å². The summed E-state index contributed by atoms with van der Waals surface area (Å²) in [5.41, 5.74) is 6.75. The molecule has 7 aromatic rings. The molecule has 2 heterocycles. The van der Waals surface area contributed by atoms with Gasteiger partial charge in [0.05, 0.1) is 0 Å². The van der Waals surface area contributed by atoms with E-state index in [1.165, 1.54) is 0 Å². The molecule has 0 fully saturated rings. The molecule has 0 N–H and O–H groups in total. The van der Waals surface area contributed by atoms with Gasteiger partial charge < -0.3 is 0 Å². The van der Waals surface area contributed by atoms with E-state index in [4.69, 9.17) is 20.6 Å². The monoisotopic (exact) mass is 618 g/mol. The van der Waals surface area contributed by atoms with Gasteiger partial charge in [0.2, 0.25) is 0 Å². The number of benzene rings is 5. The molecule has 6 heteroatoms. The predicted octanol–water partition coefficient (Wildman–Crippen LogP) is 9.05. The zero-order valence-corrected chi connectivity index (χ0v) is 26.7. The van der Waals surface area contributed by atoms with E-state index in [9.17, 15) is 0 Å². The van der Waals surface area contributed by atoms with Crippen LogP contribution in [0.15, 0.2) is 121 Å². The first kappa shape index (κ1) is 27.1. The molecule has 0 bridgehead atoms. The summed E-state index contributed by atoms with van der Waals surface area (Å²) in [4.78, 5) is 9.60. The third-order valence-electron chi connectivity index (χ3n) is 7.57. The number of nitrogens with zero attached hydrogens (tertiary/aromatic N) is 2. The second-order valence-corrected chi connectivity index (χ2v) is 13.4. The molecule has 0 saturated heterocycles. The van der Waals surface area contributed by atoms with Crippen molar-refractivity contribution in [2.24, 2.45) is 0 Å². The normalized spacial score (nSPS) is 11.1. The molecule has 5 aromatic carbocycles. The number of pyridine rings is 2. The molecule has 7 rings (SSSR count). The molecule has 0 saturated carbocycles. The van der Waals surface area contributed by atoms with E-state index in [1.807, 2.05) is 74.5 Å². The molecule has 0 amide bonds. The van der Waals surface area contributed by atoms with E-state index in [0.29, 0.717) is 11.5 Å². The Morgan fingerprint density at radius 1 is 0.512 bits per heavy atom. The first-order valence-electron chi connectivity index (χ1n) is 14.3. The van der Waals surface area contributed by atoms with E-state index in [0.717, 1.165) is 66.4 Å². The number of fused-ring (bicyclic) bond motifs is 3. The fourth-order valence-electron chi connectivity index (χ4n) is 5.50. The number of hydrogen-bond donors (Lipinski definition) is 0. The molecule has 0 radical (unpaired) electrons. The van der Waals surface area contributed by atoms with Crippen molar-refractivity contribution in [2.45, 2.75) is 20.8 Å². The molecule has 43 heavy (non-hydrogen) atoms. The number of aromatic nitrogens is 2. The van der Waals surface area contributed by atoms with Crippen LogP contribution in [0.5, 0.6) is 17.2 Å². The van der Waals surface area contributed by atoms with Crippen LogP contribution in [0.25, 0.3) is 43.7 Å². The van der Waals surface area contributed by atoms with Crippen LogP contribution in [0.4, 0.5) is 0 Å². The average Bonchev–Trinajstić information content (AvgIpc) is 3.03. The van der Waals surface area contributed by atoms with Gasteiger partial charge in [0.25, 0.3) is 0 Å². The molecular formula is C37H29GaN2O3. The van der Waals surface area contributed by atoms with E-state index >= 15 is 0 Å². The number of para-hydroxylation sites is 2. The number of aryl methyl sites for hydroxylation is 3. The molecule has 0 spiro atoms. The maximum absolute atomic E-state index is 6.90. The van der Waals surface area contributed by atoms with Crippen LogP contribution in [0, 0.1) is 20.8 Å². The third-order valence-corrected chi connectivity index (χ3v) is 10.3. The zero-order chi connectivity index (χ0) is 29.3. The van der Waals surface area contributed by atoms with Crippen LogP contribution in [0.3, 0.4) is 0 Å². The first-order chi connectivity index (χ1) is 21.0. The second kappa shape index (κ2) is 11.5. The number of hydrogen-bond acceptors (Lipinski definition) is 5. The van der Waals surface area contributed by atoms with Crippen molar-refractivity contribution in [1.29, 1.82) is 0 Å². The Balaban J connectivity index is 1.36. The summed E-state index contributed by atoms with van der Waals surface area (Å²) >= 11 is -3.61. The summed E-state index contributed by atoms with van der Waals surface area (Å²) in [7, 11) is 0. The Morgan fingerprint density at radius 2 is 1.07 bits per heavy atom. The summed E-state index contributed by atoms with van der Waals surface area (Å²) in [6.07, 6.45) is 0. The molecular weight excluding hydrogens is 590 g/mol. The molecule has 5 nitrogen and oxygen atoms in total. The van der Waals surface area contributed by atoms with E-state index in [-0.39, 0.29) is 0 Å². The van der Waals surface area contributed by atoms with Crippen molar-refractivity contribution in [2.75, 3.05) is 0 Å². The van der Waals surface area contributed by atoms with Crippen molar-refractivity contribution in [1.82, 2.24) is 9.97 Å². The van der Waals surface area contributed by atoms with E-state index in [1.54, 1.807) is 0 Å². The fraction of sp³-hybridized carbons (Fsp3) is 0.0811. The van der Waals surface area contributed by atoms with Crippen LogP contribution in [0.1, 0.15) is 17.0 Å². The van der Waals surface area contributed by atoms with Gasteiger partial charge in [-0.3, -0.25) is 0 Å². The van der Waals surface area contributed by atoms with Gasteiger partial charge in [-0.25, -0.2) is 0 Å². The zero-order valence-electron chi connectivity index (χ0n) is 24.2. The van der Waals surface area contributed by atoms with Crippen molar-refractivity contribution in [3.05, 3.63) is 138 Å². The van der Waals surface area contributed by atoms with Gasteiger partial charge in [0, 0.05) is 0 Å². The molecule has 208 valence electrons. The summed E-state index contributed by atoms with van der Waals surface area (Å²) < 4.78 is 20.4. The minimum atomic E-state index is -3.61. The van der Waals surface area contributed by atoms with Crippen molar-refractivity contribution in [3.8, 4) is 28.4 Å². The topological polar surface area (TPSA) is 53.5 Å². The summed E-state index contributed by atoms with van der Waals surface area (Å²) in [5.74, 6) is 2.07.